The Kier molecular flexibility index (Phi) is 4.46. The van der Waals surface area contributed by atoms with Gasteiger partial charge in [-0.1, -0.05) is 19.3 Å². The summed E-state index contributed by atoms with van der Waals surface area (Å²) in [6.07, 6.45) is 6.33. The minimum absolute atomic E-state index is 0.0182. The van der Waals surface area contributed by atoms with E-state index in [-0.39, 0.29) is 11.7 Å². The van der Waals surface area contributed by atoms with Crippen LogP contribution in [0.2, 0.25) is 0 Å². The Morgan fingerprint density at radius 1 is 1.27 bits per heavy atom. The summed E-state index contributed by atoms with van der Waals surface area (Å²) in [5.41, 5.74) is 1.36. The predicted octanol–water partition coefficient (Wildman–Crippen LogP) is 4.35. The predicted molar refractivity (Wildman–Crippen MR) is 86.4 cm³/mol. The molecule has 0 aliphatic heterocycles. The number of nitrogens with one attached hydrogen (secondary N) is 1. The lowest BCUT2D eigenvalue weighted by atomic mass is 9.89. The Morgan fingerprint density at radius 2 is 2.05 bits per heavy atom. The second kappa shape index (κ2) is 6.51. The lowest BCUT2D eigenvalue weighted by Crippen LogP contribution is -2.36. The van der Waals surface area contributed by atoms with E-state index in [4.69, 9.17) is 0 Å². The van der Waals surface area contributed by atoms with Gasteiger partial charge in [-0.15, -0.1) is 0 Å². The standard InChI is InChI=1S/C18H23FN2O/c1-2-21(12-13-6-4-3-5-7-13)18(22)17-11-14-10-15(19)8-9-16(14)20-17/h8-11,13,20H,2-7,12H2,1H3. The van der Waals surface area contributed by atoms with Gasteiger partial charge in [0.25, 0.3) is 5.91 Å². The van der Waals surface area contributed by atoms with Crippen LogP contribution in [0, 0.1) is 11.7 Å². The van der Waals surface area contributed by atoms with Crippen LogP contribution in [-0.2, 0) is 0 Å². The molecule has 22 heavy (non-hydrogen) atoms. The van der Waals surface area contributed by atoms with Crippen LogP contribution in [0.1, 0.15) is 49.5 Å². The summed E-state index contributed by atoms with van der Waals surface area (Å²) in [4.78, 5) is 17.7. The smallest absolute Gasteiger partial charge is 0.270 e. The van der Waals surface area contributed by atoms with Crippen molar-refractivity contribution in [2.75, 3.05) is 13.1 Å². The fraction of sp³-hybridized carbons (Fsp3) is 0.500. The number of carbonyl (C=O) groups is 1. The fourth-order valence-electron chi connectivity index (χ4n) is 3.43. The largest absolute Gasteiger partial charge is 0.351 e. The van der Waals surface area contributed by atoms with Crippen molar-refractivity contribution in [2.45, 2.75) is 39.0 Å². The number of nitrogens with zero attached hydrogens (tertiary/aromatic N) is 1. The molecule has 1 fully saturated rings. The molecule has 1 saturated carbocycles. The number of carbonyl (C=O) groups excluding carboxylic acids is 1. The van der Waals surface area contributed by atoms with E-state index in [0.717, 1.165) is 17.4 Å². The zero-order chi connectivity index (χ0) is 15.5. The number of aromatic amines is 1. The number of halogens is 1. The lowest BCUT2D eigenvalue weighted by Gasteiger charge is -2.28. The Balaban J connectivity index is 1.76. The normalized spacial score (nSPS) is 16.1. The molecule has 1 heterocycles. The van der Waals surface area contributed by atoms with Gasteiger partial charge in [0.2, 0.25) is 0 Å². The average molecular weight is 302 g/mol. The minimum Gasteiger partial charge on any atom is -0.351 e. The first-order chi connectivity index (χ1) is 10.7. The number of amides is 1. The third-order valence-corrected chi connectivity index (χ3v) is 4.69. The van der Waals surface area contributed by atoms with E-state index in [1.807, 2.05) is 11.8 Å². The molecule has 1 aliphatic rings. The van der Waals surface area contributed by atoms with E-state index in [1.165, 1.54) is 44.2 Å². The van der Waals surface area contributed by atoms with E-state index in [0.29, 0.717) is 18.2 Å². The van der Waals surface area contributed by atoms with Crippen molar-refractivity contribution in [3.63, 3.8) is 0 Å². The summed E-state index contributed by atoms with van der Waals surface area (Å²) < 4.78 is 13.3. The van der Waals surface area contributed by atoms with Gasteiger partial charge >= 0.3 is 0 Å². The highest BCUT2D eigenvalue weighted by Gasteiger charge is 2.22. The number of hydrogen-bond acceptors (Lipinski definition) is 1. The van der Waals surface area contributed by atoms with Crippen LogP contribution in [-0.4, -0.2) is 28.9 Å². The van der Waals surface area contributed by atoms with Crippen molar-refractivity contribution in [3.05, 3.63) is 35.8 Å². The molecule has 0 bridgehead atoms. The van der Waals surface area contributed by atoms with E-state index in [1.54, 1.807) is 12.1 Å². The molecule has 1 N–H and O–H groups in total. The topological polar surface area (TPSA) is 36.1 Å². The highest BCUT2D eigenvalue weighted by Crippen LogP contribution is 2.25. The minimum atomic E-state index is -0.278. The molecule has 0 spiro atoms. The fourth-order valence-corrected chi connectivity index (χ4v) is 3.43. The SMILES string of the molecule is CCN(CC1CCCCC1)C(=O)c1cc2cc(F)ccc2[nH]1. The van der Waals surface area contributed by atoms with Crippen LogP contribution >= 0.6 is 0 Å². The zero-order valence-electron chi connectivity index (χ0n) is 13.1. The Bertz CT molecular complexity index is 658. The number of H-pyrrole nitrogens is 1. The van der Waals surface area contributed by atoms with Gasteiger partial charge in [0.15, 0.2) is 0 Å². The molecule has 0 atom stereocenters. The molecule has 0 saturated heterocycles. The first kappa shape index (κ1) is 15.1. The third-order valence-electron chi connectivity index (χ3n) is 4.69. The molecule has 3 rings (SSSR count). The third kappa shape index (κ3) is 3.16. The zero-order valence-corrected chi connectivity index (χ0v) is 13.1. The van der Waals surface area contributed by atoms with Crippen molar-refractivity contribution in [1.82, 2.24) is 9.88 Å². The molecule has 1 aromatic carbocycles. The van der Waals surface area contributed by atoms with Crippen molar-refractivity contribution in [1.29, 1.82) is 0 Å². The number of aromatic nitrogens is 1. The number of benzene rings is 1. The summed E-state index contributed by atoms with van der Waals surface area (Å²) in [5.74, 6) is 0.365. The van der Waals surface area contributed by atoms with Crippen LogP contribution in [0.25, 0.3) is 10.9 Å². The average Bonchev–Trinajstić information content (AvgIpc) is 2.96. The van der Waals surface area contributed by atoms with Crippen LogP contribution < -0.4 is 0 Å². The Labute approximate surface area is 130 Å². The number of rotatable bonds is 4. The maximum Gasteiger partial charge on any atom is 0.270 e. The lowest BCUT2D eigenvalue weighted by molar-refractivity contribution is 0.0719. The quantitative estimate of drug-likeness (QED) is 0.895. The van der Waals surface area contributed by atoms with Gasteiger partial charge in [-0.05, 0) is 49.9 Å². The second-order valence-corrected chi connectivity index (χ2v) is 6.26. The molecule has 0 radical (unpaired) electrons. The molecule has 0 unspecified atom stereocenters. The first-order valence-corrected chi connectivity index (χ1v) is 8.25. The summed E-state index contributed by atoms with van der Waals surface area (Å²) in [6.45, 7) is 3.56. The second-order valence-electron chi connectivity index (χ2n) is 6.26. The van der Waals surface area contributed by atoms with E-state index < -0.39 is 0 Å². The van der Waals surface area contributed by atoms with Crippen LogP contribution in [0.3, 0.4) is 0 Å². The molecular formula is C18H23FN2O. The highest BCUT2D eigenvalue weighted by molar-refractivity contribution is 5.98. The molecule has 1 aliphatic carbocycles. The van der Waals surface area contributed by atoms with E-state index >= 15 is 0 Å². The highest BCUT2D eigenvalue weighted by atomic mass is 19.1. The van der Waals surface area contributed by atoms with Gasteiger partial charge in [0.05, 0.1) is 0 Å². The summed E-state index contributed by atoms with van der Waals surface area (Å²) in [6, 6.07) is 6.30. The molecule has 2 aromatic rings. The number of hydrogen-bond donors (Lipinski definition) is 1. The van der Waals surface area contributed by atoms with Crippen molar-refractivity contribution < 1.29 is 9.18 Å². The van der Waals surface area contributed by atoms with Crippen LogP contribution in [0.4, 0.5) is 4.39 Å². The van der Waals surface area contributed by atoms with Crippen LogP contribution in [0.5, 0.6) is 0 Å². The van der Waals surface area contributed by atoms with Gasteiger partial charge in [-0.3, -0.25) is 4.79 Å². The summed E-state index contributed by atoms with van der Waals surface area (Å²) in [7, 11) is 0. The van der Waals surface area contributed by atoms with Crippen LogP contribution in [0.15, 0.2) is 24.3 Å². The molecular weight excluding hydrogens is 279 g/mol. The summed E-state index contributed by atoms with van der Waals surface area (Å²) >= 11 is 0. The van der Waals surface area contributed by atoms with Gasteiger partial charge in [-0.25, -0.2) is 4.39 Å². The van der Waals surface area contributed by atoms with Gasteiger partial charge < -0.3 is 9.88 Å². The maximum atomic E-state index is 13.3. The molecule has 1 aromatic heterocycles. The molecule has 1 amide bonds. The first-order valence-electron chi connectivity index (χ1n) is 8.25. The van der Waals surface area contributed by atoms with Gasteiger partial charge in [0, 0.05) is 24.0 Å². The molecule has 3 nitrogen and oxygen atoms in total. The number of fused-ring (bicyclic) bond motifs is 1. The van der Waals surface area contributed by atoms with Gasteiger partial charge in [-0.2, -0.15) is 0 Å². The molecule has 118 valence electrons. The van der Waals surface area contributed by atoms with E-state index in [2.05, 4.69) is 4.98 Å². The Morgan fingerprint density at radius 3 is 2.77 bits per heavy atom. The Hall–Kier alpha value is -1.84. The summed E-state index contributed by atoms with van der Waals surface area (Å²) in [5, 5.41) is 0.747. The maximum absolute atomic E-state index is 13.3. The van der Waals surface area contributed by atoms with Crippen molar-refractivity contribution in [3.8, 4) is 0 Å². The van der Waals surface area contributed by atoms with Crippen molar-refractivity contribution in [2.24, 2.45) is 5.92 Å². The van der Waals surface area contributed by atoms with Gasteiger partial charge in [0.1, 0.15) is 11.5 Å². The molecule has 4 heteroatoms. The van der Waals surface area contributed by atoms with E-state index in [9.17, 15) is 9.18 Å². The van der Waals surface area contributed by atoms with Crippen molar-refractivity contribution >= 4 is 16.8 Å². The monoisotopic (exact) mass is 302 g/mol.